The fourth-order valence-electron chi connectivity index (χ4n) is 3.15. The fourth-order valence-corrected chi connectivity index (χ4v) is 3.15. The number of hydrogen-bond donors (Lipinski definition) is 2. The number of furan rings is 1. The summed E-state index contributed by atoms with van der Waals surface area (Å²) in [5.74, 6) is -0.311. The van der Waals surface area contributed by atoms with Gasteiger partial charge in [0.1, 0.15) is 11.6 Å². The normalized spacial score (nSPS) is 15.4. The molecule has 1 saturated heterocycles. The highest BCUT2D eigenvalue weighted by molar-refractivity contribution is 6.35. The third-order valence-electron chi connectivity index (χ3n) is 4.79. The Hall–Kier alpha value is -2.67. The maximum atomic E-state index is 12.9. The Morgan fingerprint density at radius 1 is 1.07 bits per heavy atom. The zero-order valence-electron chi connectivity index (χ0n) is 15.1. The summed E-state index contributed by atoms with van der Waals surface area (Å²) in [6, 6.07) is 9.64. The molecule has 7 heteroatoms. The number of likely N-dealkylation sites (tertiary alicyclic amines) is 1. The molecule has 0 radical (unpaired) electrons. The van der Waals surface area contributed by atoms with Crippen LogP contribution in [0.25, 0.3) is 0 Å². The van der Waals surface area contributed by atoms with Crippen molar-refractivity contribution in [2.45, 2.75) is 25.9 Å². The molecule has 27 heavy (non-hydrogen) atoms. The molecular weight excluding hydrogens is 349 g/mol. The Morgan fingerprint density at radius 3 is 2.44 bits per heavy atom. The SMILES string of the molecule is O=C(NCc1ccc(F)cc1)C(=O)NCC1CCN(Cc2ccco2)CC1. The van der Waals surface area contributed by atoms with Gasteiger partial charge in [-0.05, 0) is 61.7 Å². The summed E-state index contributed by atoms with van der Waals surface area (Å²) in [6.07, 6.45) is 3.62. The van der Waals surface area contributed by atoms with Crippen LogP contribution in [0.1, 0.15) is 24.2 Å². The summed E-state index contributed by atoms with van der Waals surface area (Å²) in [6.45, 7) is 3.38. The first kappa shape index (κ1) is 19.1. The van der Waals surface area contributed by atoms with Gasteiger partial charge < -0.3 is 15.1 Å². The van der Waals surface area contributed by atoms with Gasteiger partial charge in [-0.1, -0.05) is 12.1 Å². The summed E-state index contributed by atoms with van der Waals surface area (Å²) >= 11 is 0. The molecule has 0 aliphatic carbocycles. The highest BCUT2D eigenvalue weighted by Gasteiger charge is 2.21. The molecule has 0 atom stereocenters. The summed E-state index contributed by atoms with van der Waals surface area (Å²) < 4.78 is 18.2. The number of piperidine rings is 1. The van der Waals surface area contributed by atoms with Gasteiger partial charge in [0.2, 0.25) is 0 Å². The lowest BCUT2D eigenvalue weighted by Crippen LogP contribution is -2.43. The zero-order valence-corrected chi connectivity index (χ0v) is 15.1. The molecule has 2 N–H and O–H groups in total. The van der Waals surface area contributed by atoms with Crippen LogP contribution in [0.2, 0.25) is 0 Å². The van der Waals surface area contributed by atoms with E-state index >= 15 is 0 Å². The smallest absolute Gasteiger partial charge is 0.309 e. The predicted octanol–water partition coefficient (Wildman–Crippen LogP) is 2.06. The summed E-state index contributed by atoms with van der Waals surface area (Å²) in [5, 5.41) is 5.26. The average Bonchev–Trinajstić information content (AvgIpc) is 3.19. The molecule has 144 valence electrons. The standard InChI is InChI=1S/C20H24FN3O3/c21-17-5-3-15(4-6-17)12-22-19(25)20(26)23-13-16-7-9-24(10-8-16)14-18-2-1-11-27-18/h1-6,11,16H,7-10,12-14H2,(H,22,25)(H,23,26). The first-order chi connectivity index (χ1) is 13.1. The van der Waals surface area contributed by atoms with Crippen LogP contribution in [0.3, 0.4) is 0 Å². The molecule has 1 aliphatic heterocycles. The number of carbonyl (C=O) groups excluding carboxylic acids is 2. The van der Waals surface area contributed by atoms with E-state index in [0.29, 0.717) is 12.5 Å². The van der Waals surface area contributed by atoms with Crippen LogP contribution in [0, 0.1) is 11.7 Å². The van der Waals surface area contributed by atoms with Crippen LogP contribution in [0.4, 0.5) is 4.39 Å². The van der Waals surface area contributed by atoms with Crippen molar-refractivity contribution in [2.75, 3.05) is 19.6 Å². The number of nitrogens with one attached hydrogen (secondary N) is 2. The molecule has 3 rings (SSSR count). The van der Waals surface area contributed by atoms with E-state index in [4.69, 9.17) is 4.42 Å². The second kappa shape index (κ2) is 9.32. The van der Waals surface area contributed by atoms with E-state index in [1.54, 1.807) is 18.4 Å². The first-order valence-corrected chi connectivity index (χ1v) is 9.15. The van der Waals surface area contributed by atoms with Crippen molar-refractivity contribution in [3.8, 4) is 0 Å². The monoisotopic (exact) mass is 373 g/mol. The predicted molar refractivity (Wildman–Crippen MR) is 98.0 cm³/mol. The minimum atomic E-state index is -0.672. The summed E-state index contributed by atoms with van der Waals surface area (Å²) in [5.41, 5.74) is 0.737. The van der Waals surface area contributed by atoms with Crippen LogP contribution < -0.4 is 10.6 Å². The number of carbonyl (C=O) groups is 2. The quantitative estimate of drug-likeness (QED) is 0.760. The van der Waals surface area contributed by atoms with Gasteiger partial charge in [0.05, 0.1) is 12.8 Å². The van der Waals surface area contributed by atoms with Gasteiger partial charge >= 0.3 is 11.8 Å². The molecule has 0 unspecified atom stereocenters. The highest BCUT2D eigenvalue weighted by atomic mass is 19.1. The van der Waals surface area contributed by atoms with Crippen molar-refractivity contribution in [1.29, 1.82) is 0 Å². The average molecular weight is 373 g/mol. The Bertz CT molecular complexity index is 738. The largest absolute Gasteiger partial charge is 0.468 e. The van der Waals surface area contributed by atoms with Crippen LogP contribution in [-0.2, 0) is 22.7 Å². The molecule has 2 aromatic rings. The van der Waals surface area contributed by atoms with E-state index < -0.39 is 11.8 Å². The third-order valence-corrected chi connectivity index (χ3v) is 4.79. The van der Waals surface area contributed by atoms with E-state index in [0.717, 1.165) is 43.8 Å². The maximum absolute atomic E-state index is 12.9. The van der Waals surface area contributed by atoms with Gasteiger partial charge in [-0.25, -0.2) is 4.39 Å². The van der Waals surface area contributed by atoms with Gasteiger partial charge in [0.15, 0.2) is 0 Å². The van der Waals surface area contributed by atoms with E-state index in [2.05, 4.69) is 15.5 Å². The minimum Gasteiger partial charge on any atom is -0.468 e. The molecule has 0 saturated carbocycles. The number of benzene rings is 1. The molecule has 1 aliphatic rings. The van der Waals surface area contributed by atoms with Crippen LogP contribution >= 0.6 is 0 Å². The Labute approximate surface area is 157 Å². The van der Waals surface area contributed by atoms with Gasteiger partial charge in [-0.2, -0.15) is 0 Å². The number of halogens is 1. The highest BCUT2D eigenvalue weighted by Crippen LogP contribution is 2.18. The van der Waals surface area contributed by atoms with E-state index in [1.807, 2.05) is 12.1 Å². The fraction of sp³-hybridized carbons (Fsp3) is 0.400. The van der Waals surface area contributed by atoms with Crippen LogP contribution in [0.15, 0.2) is 47.1 Å². The second-order valence-corrected chi connectivity index (χ2v) is 6.82. The lowest BCUT2D eigenvalue weighted by molar-refractivity contribution is -0.139. The molecule has 0 bridgehead atoms. The lowest BCUT2D eigenvalue weighted by Gasteiger charge is -2.31. The Balaban J connectivity index is 1.33. The van der Waals surface area contributed by atoms with E-state index in [9.17, 15) is 14.0 Å². The minimum absolute atomic E-state index is 0.192. The molecule has 6 nitrogen and oxygen atoms in total. The Morgan fingerprint density at radius 2 is 1.78 bits per heavy atom. The van der Waals surface area contributed by atoms with Crippen molar-refractivity contribution in [3.63, 3.8) is 0 Å². The molecular formula is C20H24FN3O3. The molecule has 2 heterocycles. The van der Waals surface area contributed by atoms with Gasteiger partial charge in [-0.3, -0.25) is 14.5 Å². The number of hydrogen-bond acceptors (Lipinski definition) is 4. The van der Waals surface area contributed by atoms with Crippen molar-refractivity contribution in [2.24, 2.45) is 5.92 Å². The number of nitrogens with zero attached hydrogens (tertiary/aromatic N) is 1. The number of rotatable bonds is 6. The van der Waals surface area contributed by atoms with Gasteiger partial charge in [0, 0.05) is 13.1 Å². The third kappa shape index (κ3) is 5.92. The second-order valence-electron chi connectivity index (χ2n) is 6.82. The molecule has 0 spiro atoms. The lowest BCUT2D eigenvalue weighted by atomic mass is 9.96. The van der Waals surface area contributed by atoms with Gasteiger partial charge in [-0.15, -0.1) is 0 Å². The van der Waals surface area contributed by atoms with Crippen molar-refractivity contribution < 1.29 is 18.4 Å². The summed E-state index contributed by atoms with van der Waals surface area (Å²) in [7, 11) is 0. The maximum Gasteiger partial charge on any atom is 0.309 e. The van der Waals surface area contributed by atoms with Crippen LogP contribution in [-0.4, -0.2) is 36.3 Å². The Kier molecular flexibility index (Phi) is 6.59. The summed E-state index contributed by atoms with van der Waals surface area (Å²) in [4.78, 5) is 26.1. The molecule has 1 fully saturated rings. The topological polar surface area (TPSA) is 74.6 Å². The van der Waals surface area contributed by atoms with Crippen molar-refractivity contribution in [3.05, 3.63) is 59.8 Å². The molecule has 2 amide bonds. The number of amides is 2. The van der Waals surface area contributed by atoms with Crippen molar-refractivity contribution in [1.82, 2.24) is 15.5 Å². The van der Waals surface area contributed by atoms with Crippen LogP contribution in [0.5, 0.6) is 0 Å². The van der Waals surface area contributed by atoms with Gasteiger partial charge in [0.25, 0.3) is 0 Å². The van der Waals surface area contributed by atoms with E-state index in [-0.39, 0.29) is 12.4 Å². The van der Waals surface area contributed by atoms with Crippen molar-refractivity contribution >= 4 is 11.8 Å². The van der Waals surface area contributed by atoms with E-state index in [1.165, 1.54) is 12.1 Å². The first-order valence-electron chi connectivity index (χ1n) is 9.15. The molecule has 1 aromatic carbocycles. The zero-order chi connectivity index (χ0) is 19.1. The molecule has 1 aromatic heterocycles.